The van der Waals surface area contributed by atoms with Crippen LogP contribution < -0.4 is 0 Å². The molecule has 0 aromatic carbocycles. The molecule has 0 bridgehead atoms. The molecule has 0 aromatic rings. The average molecular weight is 210 g/mol. The van der Waals surface area contributed by atoms with Crippen molar-refractivity contribution in [1.29, 1.82) is 0 Å². The van der Waals surface area contributed by atoms with Crippen LogP contribution in [0.3, 0.4) is 0 Å². The van der Waals surface area contributed by atoms with Crippen LogP contribution in [0.15, 0.2) is 11.3 Å². The predicted octanol–water partition coefficient (Wildman–Crippen LogP) is 2.41. The van der Waals surface area contributed by atoms with E-state index in [1.54, 1.807) is 7.11 Å². The van der Waals surface area contributed by atoms with Crippen LogP contribution in [-0.4, -0.2) is 18.7 Å². The summed E-state index contributed by atoms with van der Waals surface area (Å²) in [5.74, 6) is 0.846. The lowest BCUT2D eigenvalue weighted by atomic mass is 9.82. The lowest BCUT2D eigenvalue weighted by molar-refractivity contribution is -0.206. The molecule has 2 atom stereocenters. The van der Waals surface area contributed by atoms with E-state index in [9.17, 15) is 4.79 Å². The summed E-state index contributed by atoms with van der Waals surface area (Å²) in [7, 11) is 1.66. The number of Topliss-reactive ketones (excluding diaryl/α,β-unsaturated/α-hetero) is 1. The lowest BCUT2D eigenvalue weighted by Crippen LogP contribution is -2.40. The Morgan fingerprint density at radius 2 is 2.20 bits per heavy atom. The van der Waals surface area contributed by atoms with Crippen molar-refractivity contribution in [2.45, 2.75) is 45.3 Å². The minimum atomic E-state index is -0.546. The Bertz CT molecular complexity index is 319. The Morgan fingerprint density at radius 1 is 1.47 bits per heavy atom. The Kier molecular flexibility index (Phi) is 2.59. The number of hydrogen-bond donors (Lipinski definition) is 0. The summed E-state index contributed by atoms with van der Waals surface area (Å²) < 4.78 is 11.2. The van der Waals surface area contributed by atoms with Crippen molar-refractivity contribution >= 4 is 5.78 Å². The molecule has 0 N–H and O–H groups in total. The molecule has 0 spiro atoms. The van der Waals surface area contributed by atoms with Crippen molar-refractivity contribution in [1.82, 2.24) is 0 Å². The minimum absolute atomic E-state index is 0.256. The highest BCUT2D eigenvalue weighted by Gasteiger charge is 2.40. The van der Waals surface area contributed by atoms with E-state index in [0.29, 0.717) is 6.42 Å². The summed E-state index contributed by atoms with van der Waals surface area (Å²) in [6.07, 6.45) is 3.22. The first-order valence-electron chi connectivity index (χ1n) is 5.56. The molecule has 2 rings (SSSR count). The second-order valence-corrected chi connectivity index (χ2v) is 4.66. The molecule has 0 saturated carbocycles. The Hall–Kier alpha value is -0.830. The number of allylic oxidation sites excluding steroid dienone is 2. The lowest BCUT2D eigenvalue weighted by Gasteiger charge is -2.40. The third kappa shape index (κ3) is 1.81. The van der Waals surface area contributed by atoms with E-state index < -0.39 is 5.79 Å². The quantitative estimate of drug-likeness (QED) is 0.666. The summed E-state index contributed by atoms with van der Waals surface area (Å²) in [4.78, 5) is 11.8. The van der Waals surface area contributed by atoms with Gasteiger partial charge in [-0.2, -0.15) is 0 Å². The van der Waals surface area contributed by atoms with Crippen molar-refractivity contribution < 1.29 is 14.3 Å². The first-order chi connectivity index (χ1) is 7.06. The highest BCUT2D eigenvalue weighted by Crippen LogP contribution is 2.40. The molecule has 2 aliphatic rings. The fourth-order valence-corrected chi connectivity index (χ4v) is 2.58. The van der Waals surface area contributed by atoms with Crippen molar-refractivity contribution in [3.05, 3.63) is 11.3 Å². The fraction of sp³-hybridized carbons (Fsp3) is 0.750. The maximum atomic E-state index is 11.8. The maximum Gasteiger partial charge on any atom is 0.207 e. The van der Waals surface area contributed by atoms with Crippen LogP contribution in [0.5, 0.6) is 0 Å². The molecule has 0 fully saturated rings. The van der Waals surface area contributed by atoms with E-state index >= 15 is 0 Å². The number of carbonyl (C=O) groups is 1. The first kappa shape index (κ1) is 10.7. The van der Waals surface area contributed by atoms with Crippen molar-refractivity contribution in [2.75, 3.05) is 7.11 Å². The standard InChI is InChI=1S/C12H18O3/c1-8-7-12(2,14-3)15-10-6-4-5-9(13)11(8)10/h8H,4-7H2,1-3H3. The Balaban J connectivity index is 2.33. The van der Waals surface area contributed by atoms with Gasteiger partial charge in [0.25, 0.3) is 0 Å². The highest BCUT2D eigenvalue weighted by molar-refractivity contribution is 5.97. The van der Waals surface area contributed by atoms with E-state index in [1.165, 1.54) is 0 Å². The zero-order valence-electron chi connectivity index (χ0n) is 9.63. The predicted molar refractivity (Wildman–Crippen MR) is 56.2 cm³/mol. The molecule has 15 heavy (non-hydrogen) atoms. The number of ketones is 1. The van der Waals surface area contributed by atoms with Crippen LogP contribution in [0, 0.1) is 5.92 Å². The van der Waals surface area contributed by atoms with Gasteiger partial charge in [0.2, 0.25) is 5.79 Å². The Labute approximate surface area is 90.4 Å². The van der Waals surface area contributed by atoms with Gasteiger partial charge >= 0.3 is 0 Å². The molecule has 0 saturated heterocycles. The summed E-state index contributed by atoms with van der Waals surface area (Å²) >= 11 is 0. The molecule has 0 radical (unpaired) electrons. The van der Waals surface area contributed by atoms with E-state index in [-0.39, 0.29) is 11.7 Å². The van der Waals surface area contributed by atoms with Gasteiger partial charge in [-0.3, -0.25) is 4.79 Å². The molecule has 2 unspecified atom stereocenters. The highest BCUT2D eigenvalue weighted by atomic mass is 16.7. The van der Waals surface area contributed by atoms with Crippen LogP contribution in [-0.2, 0) is 14.3 Å². The zero-order chi connectivity index (χ0) is 11.1. The van der Waals surface area contributed by atoms with E-state index in [1.807, 2.05) is 6.92 Å². The normalized spacial score (nSPS) is 36.2. The third-order valence-corrected chi connectivity index (χ3v) is 3.35. The van der Waals surface area contributed by atoms with Crippen LogP contribution in [0.1, 0.15) is 39.5 Å². The summed E-state index contributed by atoms with van der Waals surface area (Å²) in [5, 5.41) is 0. The van der Waals surface area contributed by atoms with Crippen molar-refractivity contribution in [3.63, 3.8) is 0 Å². The largest absolute Gasteiger partial charge is 0.467 e. The summed E-state index contributed by atoms with van der Waals surface area (Å²) in [6.45, 7) is 4.02. The first-order valence-corrected chi connectivity index (χ1v) is 5.56. The SMILES string of the molecule is COC1(C)CC(C)C2=C(CCCC2=O)O1. The second-order valence-electron chi connectivity index (χ2n) is 4.66. The average Bonchev–Trinajstić information content (AvgIpc) is 2.17. The topological polar surface area (TPSA) is 35.5 Å². The number of methoxy groups -OCH3 is 1. The number of ether oxygens (including phenoxy) is 2. The minimum Gasteiger partial charge on any atom is -0.467 e. The van der Waals surface area contributed by atoms with Crippen molar-refractivity contribution in [2.24, 2.45) is 5.92 Å². The molecule has 1 aliphatic carbocycles. The van der Waals surface area contributed by atoms with E-state index in [0.717, 1.165) is 30.6 Å². The van der Waals surface area contributed by atoms with E-state index in [2.05, 4.69) is 6.92 Å². The second kappa shape index (κ2) is 3.63. The van der Waals surface area contributed by atoms with Gasteiger partial charge in [0.15, 0.2) is 5.78 Å². The summed E-state index contributed by atoms with van der Waals surface area (Å²) in [6, 6.07) is 0. The number of hydrogen-bond acceptors (Lipinski definition) is 3. The van der Waals surface area contributed by atoms with Gasteiger partial charge in [-0.1, -0.05) is 6.92 Å². The molecule has 1 heterocycles. The fourth-order valence-electron chi connectivity index (χ4n) is 2.58. The molecular formula is C12H18O3. The Morgan fingerprint density at radius 3 is 2.87 bits per heavy atom. The van der Waals surface area contributed by atoms with Crippen LogP contribution in [0.2, 0.25) is 0 Å². The van der Waals surface area contributed by atoms with Gasteiger partial charge in [-0.05, 0) is 12.3 Å². The smallest absolute Gasteiger partial charge is 0.207 e. The molecule has 0 amide bonds. The number of carbonyl (C=O) groups excluding carboxylic acids is 1. The molecule has 3 heteroatoms. The molecule has 1 aliphatic heterocycles. The molecule has 3 nitrogen and oxygen atoms in total. The molecule has 0 aromatic heterocycles. The van der Waals surface area contributed by atoms with Crippen LogP contribution in [0.25, 0.3) is 0 Å². The van der Waals surface area contributed by atoms with Crippen LogP contribution in [0.4, 0.5) is 0 Å². The van der Waals surface area contributed by atoms with Gasteiger partial charge < -0.3 is 9.47 Å². The summed E-state index contributed by atoms with van der Waals surface area (Å²) in [5.41, 5.74) is 0.913. The monoisotopic (exact) mass is 210 g/mol. The number of rotatable bonds is 1. The van der Waals surface area contributed by atoms with Gasteiger partial charge in [-0.15, -0.1) is 0 Å². The molecular weight excluding hydrogens is 192 g/mol. The third-order valence-electron chi connectivity index (χ3n) is 3.35. The van der Waals surface area contributed by atoms with Gasteiger partial charge in [-0.25, -0.2) is 0 Å². The van der Waals surface area contributed by atoms with Gasteiger partial charge in [0.05, 0.1) is 0 Å². The zero-order valence-corrected chi connectivity index (χ0v) is 9.63. The van der Waals surface area contributed by atoms with E-state index in [4.69, 9.17) is 9.47 Å². The van der Waals surface area contributed by atoms with Gasteiger partial charge in [0.1, 0.15) is 5.76 Å². The van der Waals surface area contributed by atoms with Crippen LogP contribution >= 0.6 is 0 Å². The van der Waals surface area contributed by atoms with Gasteiger partial charge in [0, 0.05) is 38.9 Å². The van der Waals surface area contributed by atoms with Crippen molar-refractivity contribution in [3.8, 4) is 0 Å². The molecule has 84 valence electrons. The maximum absolute atomic E-state index is 11.8.